The molecular formula is C14H25N3O. The minimum absolute atomic E-state index is 0.146. The molecule has 2 saturated heterocycles. The van der Waals surface area contributed by atoms with Crippen LogP contribution in [-0.2, 0) is 4.79 Å². The highest BCUT2D eigenvalue weighted by molar-refractivity contribution is 5.91. The van der Waals surface area contributed by atoms with Crippen LogP contribution in [0.4, 0.5) is 0 Å². The van der Waals surface area contributed by atoms with Gasteiger partial charge in [0.15, 0.2) is 0 Å². The molecule has 102 valence electrons. The molecule has 3 rings (SSSR count). The third-order valence-corrected chi connectivity index (χ3v) is 4.65. The molecule has 0 aromatic rings. The minimum atomic E-state index is -0.146. The first-order chi connectivity index (χ1) is 8.61. The van der Waals surface area contributed by atoms with Crippen LogP contribution in [0.1, 0.15) is 39.5 Å². The van der Waals surface area contributed by atoms with Crippen molar-refractivity contribution in [2.75, 3.05) is 26.2 Å². The van der Waals surface area contributed by atoms with Crippen LogP contribution in [0.3, 0.4) is 0 Å². The fraction of sp³-hybridized carbons (Fsp3) is 0.929. The van der Waals surface area contributed by atoms with E-state index in [9.17, 15) is 4.79 Å². The fourth-order valence-electron chi connectivity index (χ4n) is 3.51. The van der Waals surface area contributed by atoms with E-state index in [0.29, 0.717) is 11.8 Å². The van der Waals surface area contributed by atoms with Crippen LogP contribution in [0.5, 0.6) is 0 Å². The van der Waals surface area contributed by atoms with Gasteiger partial charge < -0.3 is 9.80 Å². The molecule has 2 atom stereocenters. The Morgan fingerprint density at radius 1 is 1.33 bits per heavy atom. The standard InChI is InChI=1S/C14H25N3O/c1-11(9-16-7-3-4-8-16)10-17-12(2)15-14(5-6-14)13(17)18/h11-12,15H,3-10H2,1-2H3. The number of nitrogens with zero attached hydrogens (tertiary/aromatic N) is 2. The third kappa shape index (κ3) is 2.16. The normalized spacial score (nSPS) is 32.4. The van der Waals surface area contributed by atoms with Gasteiger partial charge >= 0.3 is 0 Å². The zero-order chi connectivity index (χ0) is 12.8. The summed E-state index contributed by atoms with van der Waals surface area (Å²) in [6.45, 7) is 8.94. The lowest BCUT2D eigenvalue weighted by Crippen LogP contribution is -2.40. The third-order valence-electron chi connectivity index (χ3n) is 4.65. The predicted molar refractivity (Wildman–Crippen MR) is 71.1 cm³/mol. The van der Waals surface area contributed by atoms with Crippen molar-refractivity contribution in [1.29, 1.82) is 0 Å². The van der Waals surface area contributed by atoms with Gasteiger partial charge in [0.25, 0.3) is 0 Å². The van der Waals surface area contributed by atoms with E-state index >= 15 is 0 Å². The lowest BCUT2D eigenvalue weighted by Gasteiger charge is -2.27. The van der Waals surface area contributed by atoms with Crippen molar-refractivity contribution in [2.45, 2.75) is 51.2 Å². The lowest BCUT2D eigenvalue weighted by atomic mass is 10.1. The SMILES string of the molecule is CC(CN1CCCC1)CN1C(=O)C2(CC2)NC1C. The zero-order valence-corrected chi connectivity index (χ0v) is 11.6. The van der Waals surface area contributed by atoms with Crippen molar-refractivity contribution in [3.8, 4) is 0 Å². The van der Waals surface area contributed by atoms with Gasteiger partial charge in [-0.15, -0.1) is 0 Å². The summed E-state index contributed by atoms with van der Waals surface area (Å²) in [5.41, 5.74) is -0.146. The average molecular weight is 251 g/mol. The highest BCUT2D eigenvalue weighted by atomic mass is 16.2. The first kappa shape index (κ1) is 12.4. The van der Waals surface area contributed by atoms with E-state index in [2.05, 4.69) is 29.0 Å². The van der Waals surface area contributed by atoms with Crippen molar-refractivity contribution in [3.05, 3.63) is 0 Å². The van der Waals surface area contributed by atoms with E-state index < -0.39 is 0 Å². The van der Waals surface area contributed by atoms with Gasteiger partial charge in [0, 0.05) is 13.1 Å². The van der Waals surface area contributed by atoms with Gasteiger partial charge in [-0.1, -0.05) is 6.92 Å². The second-order valence-electron chi connectivity index (χ2n) is 6.47. The Labute approximate surface area is 110 Å². The summed E-state index contributed by atoms with van der Waals surface area (Å²) in [6.07, 6.45) is 4.98. The van der Waals surface area contributed by atoms with Crippen molar-refractivity contribution in [2.24, 2.45) is 5.92 Å². The second kappa shape index (κ2) is 4.49. The molecule has 4 nitrogen and oxygen atoms in total. The first-order valence-corrected chi connectivity index (χ1v) is 7.42. The summed E-state index contributed by atoms with van der Waals surface area (Å²) in [4.78, 5) is 16.9. The number of carbonyl (C=O) groups is 1. The predicted octanol–water partition coefficient (Wildman–Crippen LogP) is 1.03. The quantitative estimate of drug-likeness (QED) is 0.810. The largest absolute Gasteiger partial charge is 0.326 e. The van der Waals surface area contributed by atoms with Gasteiger partial charge in [0.1, 0.15) is 0 Å². The molecule has 0 aromatic carbocycles. The summed E-state index contributed by atoms with van der Waals surface area (Å²) in [5.74, 6) is 0.925. The topological polar surface area (TPSA) is 35.6 Å². The lowest BCUT2D eigenvalue weighted by molar-refractivity contribution is -0.131. The zero-order valence-electron chi connectivity index (χ0n) is 11.6. The Morgan fingerprint density at radius 3 is 2.56 bits per heavy atom. The van der Waals surface area contributed by atoms with Crippen molar-refractivity contribution >= 4 is 5.91 Å². The number of hydrogen-bond acceptors (Lipinski definition) is 3. The van der Waals surface area contributed by atoms with Crippen LogP contribution in [0.25, 0.3) is 0 Å². The van der Waals surface area contributed by atoms with Gasteiger partial charge in [0.2, 0.25) is 5.91 Å². The van der Waals surface area contributed by atoms with Crippen molar-refractivity contribution in [3.63, 3.8) is 0 Å². The summed E-state index contributed by atoms with van der Waals surface area (Å²) in [5, 5.41) is 3.47. The number of likely N-dealkylation sites (tertiary alicyclic amines) is 1. The van der Waals surface area contributed by atoms with E-state index in [0.717, 1.165) is 25.9 Å². The smallest absolute Gasteiger partial charge is 0.244 e. The summed E-state index contributed by atoms with van der Waals surface area (Å²) < 4.78 is 0. The Morgan fingerprint density at radius 2 is 2.00 bits per heavy atom. The number of amides is 1. The monoisotopic (exact) mass is 251 g/mol. The Bertz CT molecular complexity index is 334. The fourth-order valence-corrected chi connectivity index (χ4v) is 3.51. The molecular weight excluding hydrogens is 226 g/mol. The molecule has 2 aliphatic heterocycles. The molecule has 2 heterocycles. The maximum absolute atomic E-state index is 12.3. The van der Waals surface area contributed by atoms with Crippen LogP contribution < -0.4 is 5.32 Å². The van der Waals surface area contributed by atoms with Crippen molar-refractivity contribution < 1.29 is 4.79 Å². The maximum Gasteiger partial charge on any atom is 0.244 e. The van der Waals surface area contributed by atoms with Crippen LogP contribution in [0, 0.1) is 5.92 Å². The molecule has 1 spiro atoms. The molecule has 3 fully saturated rings. The van der Waals surface area contributed by atoms with Crippen molar-refractivity contribution in [1.82, 2.24) is 15.1 Å². The Balaban J connectivity index is 1.53. The van der Waals surface area contributed by atoms with Gasteiger partial charge in [-0.05, 0) is 51.6 Å². The highest BCUT2D eigenvalue weighted by Gasteiger charge is 2.58. The molecule has 18 heavy (non-hydrogen) atoms. The minimum Gasteiger partial charge on any atom is -0.326 e. The van der Waals surface area contributed by atoms with E-state index in [4.69, 9.17) is 0 Å². The molecule has 0 aromatic heterocycles. The Hall–Kier alpha value is -0.610. The average Bonchev–Trinajstić information content (AvgIpc) is 2.85. The van der Waals surface area contributed by atoms with E-state index in [-0.39, 0.29) is 11.7 Å². The molecule has 0 radical (unpaired) electrons. The van der Waals surface area contributed by atoms with Crippen LogP contribution >= 0.6 is 0 Å². The van der Waals surface area contributed by atoms with Crippen LogP contribution in [0.2, 0.25) is 0 Å². The highest BCUT2D eigenvalue weighted by Crippen LogP contribution is 2.42. The number of nitrogens with one attached hydrogen (secondary N) is 1. The molecule has 2 unspecified atom stereocenters. The molecule has 0 bridgehead atoms. The first-order valence-electron chi connectivity index (χ1n) is 7.42. The van der Waals surface area contributed by atoms with Gasteiger partial charge in [0.05, 0.1) is 11.7 Å². The van der Waals surface area contributed by atoms with Gasteiger partial charge in [-0.3, -0.25) is 10.1 Å². The number of rotatable bonds is 4. The molecule has 4 heteroatoms. The summed E-state index contributed by atoms with van der Waals surface area (Å²) >= 11 is 0. The molecule has 1 saturated carbocycles. The molecule has 1 amide bonds. The van der Waals surface area contributed by atoms with E-state index in [1.165, 1.54) is 25.9 Å². The molecule has 1 N–H and O–H groups in total. The second-order valence-corrected chi connectivity index (χ2v) is 6.47. The van der Waals surface area contributed by atoms with Crippen LogP contribution in [0.15, 0.2) is 0 Å². The van der Waals surface area contributed by atoms with E-state index in [1.54, 1.807) is 0 Å². The number of carbonyl (C=O) groups excluding carboxylic acids is 1. The maximum atomic E-state index is 12.3. The van der Waals surface area contributed by atoms with E-state index in [1.807, 2.05) is 0 Å². The summed E-state index contributed by atoms with van der Waals surface area (Å²) in [6, 6.07) is 0. The van der Waals surface area contributed by atoms with Gasteiger partial charge in [-0.25, -0.2) is 0 Å². The molecule has 1 aliphatic carbocycles. The van der Waals surface area contributed by atoms with Gasteiger partial charge in [-0.2, -0.15) is 0 Å². The Kier molecular flexibility index (Phi) is 3.10. The molecule has 3 aliphatic rings. The van der Waals surface area contributed by atoms with Crippen LogP contribution in [-0.4, -0.2) is 53.6 Å². The summed E-state index contributed by atoms with van der Waals surface area (Å²) in [7, 11) is 0. The number of hydrogen-bond donors (Lipinski definition) is 1.